The van der Waals surface area contributed by atoms with E-state index in [-0.39, 0.29) is 17.9 Å². The van der Waals surface area contributed by atoms with E-state index in [0.717, 1.165) is 25.0 Å². The lowest BCUT2D eigenvalue weighted by molar-refractivity contribution is -0.122. The van der Waals surface area contributed by atoms with Crippen molar-refractivity contribution in [1.29, 1.82) is 0 Å². The Morgan fingerprint density at radius 3 is 2.88 bits per heavy atom. The zero-order valence-corrected chi connectivity index (χ0v) is 10.2. The molecule has 1 saturated heterocycles. The summed E-state index contributed by atoms with van der Waals surface area (Å²) in [7, 11) is 0. The van der Waals surface area contributed by atoms with E-state index in [1.54, 1.807) is 0 Å². The van der Waals surface area contributed by atoms with E-state index in [4.69, 9.17) is 4.74 Å². The number of hydrogen-bond donors (Lipinski definition) is 1. The number of carbonyl (C=O) groups is 1. The van der Waals surface area contributed by atoms with Gasteiger partial charge in [-0.3, -0.25) is 4.79 Å². The van der Waals surface area contributed by atoms with Gasteiger partial charge in [-0.2, -0.15) is 0 Å². The zero-order valence-electron chi connectivity index (χ0n) is 10.2. The van der Waals surface area contributed by atoms with Crippen molar-refractivity contribution in [3.05, 3.63) is 35.9 Å². The van der Waals surface area contributed by atoms with E-state index in [1.165, 1.54) is 0 Å². The monoisotopic (exact) mass is 233 g/mol. The lowest BCUT2D eigenvalue weighted by atomic mass is 10.0. The molecule has 1 aliphatic heterocycles. The van der Waals surface area contributed by atoms with Crippen molar-refractivity contribution in [3.63, 3.8) is 0 Å². The van der Waals surface area contributed by atoms with Gasteiger partial charge in [-0.25, -0.2) is 0 Å². The summed E-state index contributed by atoms with van der Waals surface area (Å²) in [5.41, 5.74) is 1.05. The highest BCUT2D eigenvalue weighted by molar-refractivity contribution is 5.83. The van der Waals surface area contributed by atoms with Gasteiger partial charge in [0.15, 0.2) is 0 Å². The predicted octanol–water partition coefficient (Wildman–Crippen LogP) is 2.09. The molecule has 92 valence electrons. The molecular formula is C14H19NO2. The minimum atomic E-state index is -0.0994. The number of carbonyl (C=O) groups excluding carboxylic acids is 1. The van der Waals surface area contributed by atoms with Crippen LogP contribution in [0.2, 0.25) is 0 Å². The van der Waals surface area contributed by atoms with E-state index in [0.29, 0.717) is 6.54 Å². The molecule has 1 aromatic rings. The minimum Gasteiger partial charge on any atom is -0.376 e. The fraction of sp³-hybridized carbons (Fsp3) is 0.500. The summed E-state index contributed by atoms with van der Waals surface area (Å²) in [4.78, 5) is 11.9. The first kappa shape index (κ1) is 12.1. The summed E-state index contributed by atoms with van der Waals surface area (Å²) in [6.45, 7) is 3.39. The predicted molar refractivity (Wildman–Crippen MR) is 66.8 cm³/mol. The molecular weight excluding hydrogens is 214 g/mol. The van der Waals surface area contributed by atoms with Crippen LogP contribution in [-0.4, -0.2) is 25.2 Å². The lowest BCUT2D eigenvalue weighted by Crippen LogP contribution is -2.34. The first-order valence-electron chi connectivity index (χ1n) is 6.21. The summed E-state index contributed by atoms with van der Waals surface area (Å²) >= 11 is 0. The number of nitrogens with one attached hydrogen (secondary N) is 1. The molecule has 1 aromatic carbocycles. The van der Waals surface area contributed by atoms with Crippen LogP contribution in [0.4, 0.5) is 0 Å². The lowest BCUT2D eigenvalue weighted by Gasteiger charge is -2.15. The van der Waals surface area contributed by atoms with Crippen LogP contribution >= 0.6 is 0 Å². The Kier molecular flexibility index (Phi) is 4.15. The van der Waals surface area contributed by atoms with Crippen LogP contribution in [0.5, 0.6) is 0 Å². The van der Waals surface area contributed by atoms with Crippen LogP contribution in [0.25, 0.3) is 0 Å². The van der Waals surface area contributed by atoms with Crippen molar-refractivity contribution in [2.75, 3.05) is 13.2 Å². The molecule has 3 nitrogen and oxygen atoms in total. The largest absolute Gasteiger partial charge is 0.376 e. The Morgan fingerprint density at radius 1 is 1.47 bits per heavy atom. The second kappa shape index (κ2) is 5.82. The maximum atomic E-state index is 11.9. The van der Waals surface area contributed by atoms with Gasteiger partial charge in [0.1, 0.15) is 0 Å². The molecule has 0 saturated carbocycles. The van der Waals surface area contributed by atoms with Crippen molar-refractivity contribution in [2.24, 2.45) is 0 Å². The summed E-state index contributed by atoms with van der Waals surface area (Å²) in [6.07, 6.45) is 2.37. The van der Waals surface area contributed by atoms with Crippen molar-refractivity contribution >= 4 is 5.91 Å². The molecule has 1 fully saturated rings. The fourth-order valence-corrected chi connectivity index (χ4v) is 2.07. The Hall–Kier alpha value is -1.35. The van der Waals surface area contributed by atoms with E-state index in [2.05, 4.69) is 5.32 Å². The molecule has 1 amide bonds. The highest BCUT2D eigenvalue weighted by atomic mass is 16.5. The molecule has 2 rings (SSSR count). The maximum Gasteiger partial charge on any atom is 0.227 e. The van der Waals surface area contributed by atoms with Crippen LogP contribution in [-0.2, 0) is 9.53 Å². The van der Waals surface area contributed by atoms with E-state index >= 15 is 0 Å². The third-order valence-corrected chi connectivity index (χ3v) is 3.22. The van der Waals surface area contributed by atoms with Gasteiger partial charge in [0, 0.05) is 13.2 Å². The SMILES string of the molecule is C[C@H](C(=O)NC[C@H]1CCCO1)c1ccccc1. The number of ether oxygens (including phenoxy) is 1. The number of benzene rings is 1. The van der Waals surface area contributed by atoms with Gasteiger partial charge in [-0.15, -0.1) is 0 Å². The maximum absolute atomic E-state index is 11.9. The molecule has 0 aliphatic carbocycles. The molecule has 17 heavy (non-hydrogen) atoms. The second-order valence-electron chi connectivity index (χ2n) is 4.51. The summed E-state index contributed by atoms with van der Waals surface area (Å²) < 4.78 is 5.47. The number of rotatable bonds is 4. The molecule has 0 bridgehead atoms. The van der Waals surface area contributed by atoms with Gasteiger partial charge in [0.2, 0.25) is 5.91 Å². The van der Waals surface area contributed by atoms with Crippen molar-refractivity contribution in [2.45, 2.75) is 31.8 Å². The molecule has 3 heteroatoms. The number of amides is 1. The Labute approximate surface area is 102 Å². The molecule has 0 spiro atoms. The zero-order chi connectivity index (χ0) is 12.1. The van der Waals surface area contributed by atoms with Crippen molar-refractivity contribution in [1.82, 2.24) is 5.32 Å². The number of hydrogen-bond acceptors (Lipinski definition) is 2. The third-order valence-electron chi connectivity index (χ3n) is 3.22. The molecule has 1 aliphatic rings. The van der Waals surface area contributed by atoms with Gasteiger partial charge < -0.3 is 10.1 Å². The van der Waals surface area contributed by atoms with Crippen LogP contribution in [0.1, 0.15) is 31.2 Å². The van der Waals surface area contributed by atoms with Gasteiger partial charge >= 0.3 is 0 Å². The topological polar surface area (TPSA) is 38.3 Å². The summed E-state index contributed by atoms with van der Waals surface area (Å²) in [5, 5.41) is 2.96. The van der Waals surface area contributed by atoms with Gasteiger partial charge in [0.25, 0.3) is 0 Å². The van der Waals surface area contributed by atoms with Crippen molar-refractivity contribution < 1.29 is 9.53 Å². The van der Waals surface area contributed by atoms with Crippen molar-refractivity contribution in [3.8, 4) is 0 Å². The van der Waals surface area contributed by atoms with E-state index < -0.39 is 0 Å². The molecule has 1 N–H and O–H groups in total. The minimum absolute atomic E-state index is 0.0756. The van der Waals surface area contributed by atoms with Gasteiger partial charge in [0.05, 0.1) is 12.0 Å². The van der Waals surface area contributed by atoms with E-state index in [9.17, 15) is 4.79 Å². The van der Waals surface area contributed by atoms with Crippen LogP contribution in [0.3, 0.4) is 0 Å². The molecule has 0 aromatic heterocycles. The van der Waals surface area contributed by atoms with Crippen LogP contribution in [0.15, 0.2) is 30.3 Å². The first-order chi connectivity index (χ1) is 8.27. The normalized spacial score (nSPS) is 21.1. The third kappa shape index (κ3) is 3.30. The highest BCUT2D eigenvalue weighted by Gasteiger charge is 2.19. The smallest absolute Gasteiger partial charge is 0.227 e. The quantitative estimate of drug-likeness (QED) is 0.864. The average Bonchev–Trinajstić information content (AvgIpc) is 2.89. The standard InChI is InChI=1S/C14H19NO2/c1-11(12-6-3-2-4-7-12)14(16)15-10-13-8-5-9-17-13/h2-4,6-7,11,13H,5,8-10H2,1H3,(H,15,16)/t11-,13+/m0/s1. The van der Waals surface area contributed by atoms with Crippen LogP contribution < -0.4 is 5.32 Å². The van der Waals surface area contributed by atoms with Gasteiger partial charge in [-0.05, 0) is 25.3 Å². The summed E-state index contributed by atoms with van der Waals surface area (Å²) in [5.74, 6) is -0.0238. The molecule has 0 unspecified atom stereocenters. The Balaban J connectivity index is 1.83. The Morgan fingerprint density at radius 2 is 2.24 bits per heavy atom. The molecule has 0 radical (unpaired) electrons. The van der Waals surface area contributed by atoms with Crippen LogP contribution in [0, 0.1) is 0 Å². The molecule has 2 atom stereocenters. The fourth-order valence-electron chi connectivity index (χ4n) is 2.07. The summed E-state index contributed by atoms with van der Waals surface area (Å²) in [6, 6.07) is 9.84. The highest BCUT2D eigenvalue weighted by Crippen LogP contribution is 2.15. The Bertz CT molecular complexity index is 358. The second-order valence-corrected chi connectivity index (χ2v) is 4.51. The first-order valence-corrected chi connectivity index (χ1v) is 6.21. The average molecular weight is 233 g/mol. The van der Waals surface area contributed by atoms with Gasteiger partial charge in [-0.1, -0.05) is 30.3 Å². The molecule has 1 heterocycles. The van der Waals surface area contributed by atoms with E-state index in [1.807, 2.05) is 37.3 Å².